The maximum Gasteiger partial charge on any atom is 0.0173 e. The molecular formula is C10H18N2. The highest BCUT2D eigenvalue weighted by atomic mass is 15.2. The van der Waals surface area contributed by atoms with Crippen LogP contribution in [0.15, 0.2) is 12.4 Å². The number of rotatable bonds is 2. The smallest absolute Gasteiger partial charge is 0.0173 e. The maximum absolute atomic E-state index is 2.43. The molecule has 2 fully saturated rings. The van der Waals surface area contributed by atoms with Crippen LogP contribution in [-0.2, 0) is 0 Å². The van der Waals surface area contributed by atoms with E-state index < -0.39 is 0 Å². The summed E-state index contributed by atoms with van der Waals surface area (Å²) in [5.74, 6) is 0. The minimum absolute atomic E-state index is 1.27. The van der Waals surface area contributed by atoms with E-state index in [-0.39, 0.29) is 0 Å². The molecule has 0 saturated carbocycles. The maximum atomic E-state index is 2.43. The van der Waals surface area contributed by atoms with E-state index in [0.29, 0.717) is 0 Å². The van der Waals surface area contributed by atoms with Crippen LogP contribution in [0, 0.1) is 0 Å². The van der Waals surface area contributed by atoms with Gasteiger partial charge in [0.2, 0.25) is 0 Å². The Morgan fingerprint density at radius 2 is 0.917 bits per heavy atom. The standard InChI is InChI=1S/C10H18N2/c1-2-6-11(5-1)9-10-12-7-3-4-8-12/h9-10H,1-8H2. The van der Waals surface area contributed by atoms with Gasteiger partial charge in [0.25, 0.3) is 0 Å². The van der Waals surface area contributed by atoms with Crippen molar-refractivity contribution in [2.45, 2.75) is 25.7 Å². The van der Waals surface area contributed by atoms with Crippen LogP contribution >= 0.6 is 0 Å². The molecule has 12 heavy (non-hydrogen) atoms. The molecule has 0 amide bonds. The Bertz CT molecular complexity index is 135. The Morgan fingerprint density at radius 1 is 0.583 bits per heavy atom. The van der Waals surface area contributed by atoms with E-state index in [4.69, 9.17) is 0 Å². The lowest BCUT2D eigenvalue weighted by molar-refractivity contribution is 0.423. The van der Waals surface area contributed by atoms with E-state index in [2.05, 4.69) is 22.2 Å². The van der Waals surface area contributed by atoms with Gasteiger partial charge in [-0.15, -0.1) is 0 Å². The van der Waals surface area contributed by atoms with Crippen LogP contribution in [0.25, 0.3) is 0 Å². The van der Waals surface area contributed by atoms with Gasteiger partial charge in [0.15, 0.2) is 0 Å². The molecule has 0 N–H and O–H groups in total. The van der Waals surface area contributed by atoms with Crippen molar-refractivity contribution in [3.63, 3.8) is 0 Å². The molecule has 0 aromatic rings. The van der Waals surface area contributed by atoms with E-state index in [1.807, 2.05) is 0 Å². The normalized spacial score (nSPS) is 24.7. The average molecular weight is 166 g/mol. The molecule has 0 atom stereocenters. The molecule has 2 heterocycles. The third kappa shape index (κ3) is 1.93. The van der Waals surface area contributed by atoms with Crippen molar-refractivity contribution in [3.05, 3.63) is 12.4 Å². The van der Waals surface area contributed by atoms with Gasteiger partial charge in [-0.3, -0.25) is 0 Å². The average Bonchev–Trinajstić information content (AvgIpc) is 2.74. The lowest BCUT2D eigenvalue weighted by atomic mass is 10.4. The zero-order valence-electron chi connectivity index (χ0n) is 7.71. The lowest BCUT2D eigenvalue weighted by Crippen LogP contribution is -2.15. The van der Waals surface area contributed by atoms with Crippen LogP contribution in [0.1, 0.15) is 25.7 Å². The first kappa shape index (κ1) is 7.96. The SMILES string of the molecule is C(=CN1CCCC1)N1CCCC1. The van der Waals surface area contributed by atoms with Crippen molar-refractivity contribution < 1.29 is 0 Å². The molecule has 0 aliphatic carbocycles. The van der Waals surface area contributed by atoms with Crippen molar-refractivity contribution in [1.29, 1.82) is 0 Å². The lowest BCUT2D eigenvalue weighted by Gasteiger charge is -2.15. The van der Waals surface area contributed by atoms with Crippen molar-refractivity contribution in [1.82, 2.24) is 9.80 Å². The Balaban J connectivity index is 1.75. The van der Waals surface area contributed by atoms with Crippen LogP contribution in [0.5, 0.6) is 0 Å². The summed E-state index contributed by atoms with van der Waals surface area (Å²) in [6.07, 6.45) is 10.1. The number of hydrogen-bond donors (Lipinski definition) is 0. The van der Waals surface area contributed by atoms with Gasteiger partial charge in [0.1, 0.15) is 0 Å². The molecule has 0 radical (unpaired) electrons. The monoisotopic (exact) mass is 166 g/mol. The van der Waals surface area contributed by atoms with E-state index in [1.54, 1.807) is 0 Å². The molecule has 0 unspecified atom stereocenters. The largest absolute Gasteiger partial charge is 0.376 e. The molecule has 0 aromatic carbocycles. The Labute approximate surface area is 74.8 Å². The summed E-state index contributed by atoms with van der Waals surface area (Å²) in [5.41, 5.74) is 0. The first-order chi connectivity index (χ1) is 5.95. The molecule has 0 bridgehead atoms. The number of likely N-dealkylation sites (tertiary alicyclic amines) is 2. The van der Waals surface area contributed by atoms with Crippen LogP contribution in [-0.4, -0.2) is 36.0 Å². The summed E-state index contributed by atoms with van der Waals surface area (Å²) < 4.78 is 0. The predicted molar refractivity (Wildman–Crippen MR) is 50.8 cm³/mol. The second-order valence-electron chi connectivity index (χ2n) is 3.78. The zero-order valence-corrected chi connectivity index (χ0v) is 7.71. The highest BCUT2D eigenvalue weighted by Crippen LogP contribution is 2.10. The summed E-state index contributed by atoms with van der Waals surface area (Å²) in [7, 11) is 0. The third-order valence-electron chi connectivity index (χ3n) is 2.77. The molecule has 0 spiro atoms. The molecule has 2 nitrogen and oxygen atoms in total. The Morgan fingerprint density at radius 3 is 1.25 bits per heavy atom. The molecular weight excluding hydrogens is 148 g/mol. The van der Waals surface area contributed by atoms with Crippen LogP contribution in [0.2, 0.25) is 0 Å². The van der Waals surface area contributed by atoms with Crippen molar-refractivity contribution >= 4 is 0 Å². The van der Waals surface area contributed by atoms with Gasteiger partial charge < -0.3 is 9.80 Å². The van der Waals surface area contributed by atoms with E-state index in [1.165, 1.54) is 51.9 Å². The van der Waals surface area contributed by atoms with Crippen molar-refractivity contribution in [3.8, 4) is 0 Å². The molecule has 2 rings (SSSR count). The number of hydrogen-bond acceptors (Lipinski definition) is 2. The summed E-state index contributed by atoms with van der Waals surface area (Å²) in [4.78, 5) is 4.86. The van der Waals surface area contributed by atoms with Gasteiger partial charge in [0, 0.05) is 38.6 Å². The highest BCUT2D eigenvalue weighted by molar-refractivity contribution is 4.87. The fourth-order valence-electron chi connectivity index (χ4n) is 1.97. The first-order valence-electron chi connectivity index (χ1n) is 5.11. The predicted octanol–water partition coefficient (Wildman–Crippen LogP) is 1.65. The van der Waals surface area contributed by atoms with Gasteiger partial charge in [0.05, 0.1) is 0 Å². The number of nitrogens with zero attached hydrogens (tertiary/aromatic N) is 2. The van der Waals surface area contributed by atoms with Crippen LogP contribution in [0.4, 0.5) is 0 Å². The molecule has 0 aromatic heterocycles. The molecule has 2 aliphatic heterocycles. The van der Waals surface area contributed by atoms with Gasteiger partial charge in [-0.2, -0.15) is 0 Å². The highest BCUT2D eigenvalue weighted by Gasteiger charge is 2.09. The van der Waals surface area contributed by atoms with Gasteiger partial charge in [-0.1, -0.05) is 0 Å². The quantitative estimate of drug-likeness (QED) is 0.615. The summed E-state index contributed by atoms with van der Waals surface area (Å²) in [6, 6.07) is 0. The second-order valence-corrected chi connectivity index (χ2v) is 3.78. The van der Waals surface area contributed by atoms with Gasteiger partial charge >= 0.3 is 0 Å². The topological polar surface area (TPSA) is 6.48 Å². The first-order valence-corrected chi connectivity index (χ1v) is 5.11. The minimum Gasteiger partial charge on any atom is -0.376 e. The van der Waals surface area contributed by atoms with E-state index in [9.17, 15) is 0 Å². The molecule has 68 valence electrons. The summed E-state index contributed by atoms with van der Waals surface area (Å²) >= 11 is 0. The summed E-state index contributed by atoms with van der Waals surface area (Å²) in [6.45, 7) is 5.07. The summed E-state index contributed by atoms with van der Waals surface area (Å²) in [5, 5.41) is 0. The van der Waals surface area contributed by atoms with E-state index >= 15 is 0 Å². The van der Waals surface area contributed by atoms with Gasteiger partial charge in [-0.05, 0) is 25.7 Å². The van der Waals surface area contributed by atoms with Gasteiger partial charge in [-0.25, -0.2) is 0 Å². The Kier molecular flexibility index (Phi) is 2.54. The Hall–Kier alpha value is -0.660. The fourth-order valence-corrected chi connectivity index (χ4v) is 1.97. The van der Waals surface area contributed by atoms with Crippen LogP contribution in [0.3, 0.4) is 0 Å². The fraction of sp³-hybridized carbons (Fsp3) is 0.800. The van der Waals surface area contributed by atoms with Crippen LogP contribution < -0.4 is 0 Å². The zero-order chi connectivity index (χ0) is 8.23. The molecule has 2 aliphatic rings. The third-order valence-corrected chi connectivity index (χ3v) is 2.77. The van der Waals surface area contributed by atoms with E-state index in [0.717, 1.165) is 0 Å². The molecule has 2 heteroatoms. The van der Waals surface area contributed by atoms with Crippen molar-refractivity contribution in [2.75, 3.05) is 26.2 Å². The minimum atomic E-state index is 1.27. The molecule has 2 saturated heterocycles. The second kappa shape index (κ2) is 3.83. The van der Waals surface area contributed by atoms with Crippen molar-refractivity contribution in [2.24, 2.45) is 0 Å².